The van der Waals surface area contributed by atoms with Crippen LogP contribution < -0.4 is 5.32 Å². The number of hydrogen-bond acceptors (Lipinski definition) is 5. The van der Waals surface area contributed by atoms with E-state index in [1.165, 1.54) is 24.3 Å². The van der Waals surface area contributed by atoms with Crippen LogP contribution in [0.25, 0.3) is 0 Å². The van der Waals surface area contributed by atoms with Crippen molar-refractivity contribution in [1.82, 2.24) is 0 Å². The predicted molar refractivity (Wildman–Crippen MR) is 97.3 cm³/mol. The second-order valence-electron chi connectivity index (χ2n) is 6.12. The minimum Gasteiger partial charge on any atom is -0.452 e. The second kappa shape index (κ2) is 8.24. The zero-order valence-electron chi connectivity index (χ0n) is 14.8. The standard InChI is InChI=1S/C19H20N2O5/c1-12(2)16-6-4-5-13(3)18(16)20-17(22)11-26-19(23)14-7-9-15(10-8-14)21(24)25/h4-10,12H,11H2,1-3H3,(H,20,22). The molecule has 2 aromatic carbocycles. The summed E-state index contributed by atoms with van der Waals surface area (Å²) in [6.07, 6.45) is 0. The number of benzene rings is 2. The zero-order chi connectivity index (χ0) is 19.3. The SMILES string of the molecule is Cc1cccc(C(C)C)c1NC(=O)COC(=O)c1ccc([N+](=O)[O-])cc1. The van der Waals surface area contributed by atoms with E-state index in [1.807, 2.05) is 39.0 Å². The van der Waals surface area contributed by atoms with Crippen LogP contribution in [0.5, 0.6) is 0 Å². The van der Waals surface area contributed by atoms with E-state index in [4.69, 9.17) is 4.74 Å². The molecule has 2 aromatic rings. The third-order valence-electron chi connectivity index (χ3n) is 3.84. The molecule has 0 aliphatic rings. The highest BCUT2D eigenvalue weighted by Gasteiger charge is 2.15. The van der Waals surface area contributed by atoms with Gasteiger partial charge in [0.05, 0.1) is 10.5 Å². The second-order valence-corrected chi connectivity index (χ2v) is 6.12. The predicted octanol–water partition coefficient (Wildman–Crippen LogP) is 3.82. The van der Waals surface area contributed by atoms with Crippen LogP contribution in [0.3, 0.4) is 0 Å². The molecule has 26 heavy (non-hydrogen) atoms. The Labute approximate surface area is 151 Å². The van der Waals surface area contributed by atoms with Crippen LogP contribution in [-0.4, -0.2) is 23.4 Å². The first-order valence-corrected chi connectivity index (χ1v) is 8.10. The summed E-state index contributed by atoms with van der Waals surface area (Å²) in [7, 11) is 0. The van der Waals surface area contributed by atoms with Gasteiger partial charge >= 0.3 is 5.97 Å². The van der Waals surface area contributed by atoms with Gasteiger partial charge in [-0.05, 0) is 36.1 Å². The number of carbonyl (C=O) groups is 2. The van der Waals surface area contributed by atoms with Crippen molar-refractivity contribution in [2.24, 2.45) is 0 Å². The number of hydrogen-bond donors (Lipinski definition) is 1. The summed E-state index contributed by atoms with van der Waals surface area (Å²) >= 11 is 0. The number of non-ortho nitro benzene ring substituents is 1. The number of rotatable bonds is 6. The van der Waals surface area contributed by atoms with E-state index in [1.54, 1.807) is 0 Å². The van der Waals surface area contributed by atoms with E-state index in [0.717, 1.165) is 16.8 Å². The number of amides is 1. The molecule has 2 rings (SSSR count). The van der Waals surface area contributed by atoms with Crippen LogP contribution in [0.15, 0.2) is 42.5 Å². The molecule has 7 heteroatoms. The Bertz CT molecular complexity index is 828. The van der Waals surface area contributed by atoms with E-state index in [-0.39, 0.29) is 17.2 Å². The molecule has 1 amide bonds. The molecule has 0 heterocycles. The van der Waals surface area contributed by atoms with Gasteiger partial charge in [-0.15, -0.1) is 0 Å². The monoisotopic (exact) mass is 356 g/mol. The van der Waals surface area contributed by atoms with Gasteiger partial charge in [0.2, 0.25) is 0 Å². The number of aryl methyl sites for hydroxylation is 1. The number of anilines is 1. The van der Waals surface area contributed by atoms with E-state index in [2.05, 4.69) is 5.32 Å². The number of ether oxygens (including phenoxy) is 1. The Morgan fingerprint density at radius 3 is 2.38 bits per heavy atom. The number of esters is 1. The Morgan fingerprint density at radius 1 is 1.15 bits per heavy atom. The van der Waals surface area contributed by atoms with E-state index in [0.29, 0.717) is 0 Å². The van der Waals surface area contributed by atoms with E-state index >= 15 is 0 Å². The quantitative estimate of drug-likeness (QED) is 0.482. The maximum atomic E-state index is 12.1. The molecule has 0 fully saturated rings. The molecular formula is C19H20N2O5. The molecule has 0 saturated carbocycles. The Balaban J connectivity index is 1.99. The molecule has 0 aliphatic carbocycles. The van der Waals surface area contributed by atoms with Crippen LogP contribution in [-0.2, 0) is 9.53 Å². The molecule has 0 atom stereocenters. The number of nitro benzene ring substituents is 1. The largest absolute Gasteiger partial charge is 0.452 e. The average molecular weight is 356 g/mol. The first-order valence-electron chi connectivity index (χ1n) is 8.10. The summed E-state index contributed by atoms with van der Waals surface area (Å²) in [5, 5.41) is 13.4. The third-order valence-corrected chi connectivity index (χ3v) is 3.84. The smallest absolute Gasteiger partial charge is 0.338 e. The van der Waals surface area contributed by atoms with Crippen molar-refractivity contribution < 1.29 is 19.2 Å². The van der Waals surface area contributed by atoms with Crippen LogP contribution in [0.2, 0.25) is 0 Å². The summed E-state index contributed by atoms with van der Waals surface area (Å²) in [6.45, 7) is 5.50. The molecule has 0 aromatic heterocycles. The fourth-order valence-electron chi connectivity index (χ4n) is 2.45. The molecule has 0 saturated heterocycles. The van der Waals surface area contributed by atoms with Gasteiger partial charge in [-0.1, -0.05) is 32.0 Å². The highest BCUT2D eigenvalue weighted by Crippen LogP contribution is 2.27. The van der Waals surface area contributed by atoms with Crippen molar-refractivity contribution in [3.63, 3.8) is 0 Å². The van der Waals surface area contributed by atoms with E-state index in [9.17, 15) is 19.7 Å². The van der Waals surface area contributed by atoms with Crippen molar-refractivity contribution in [1.29, 1.82) is 0 Å². The Morgan fingerprint density at radius 2 is 1.81 bits per heavy atom. The lowest BCUT2D eigenvalue weighted by molar-refractivity contribution is -0.384. The van der Waals surface area contributed by atoms with Gasteiger partial charge < -0.3 is 10.1 Å². The van der Waals surface area contributed by atoms with Gasteiger partial charge in [-0.3, -0.25) is 14.9 Å². The number of para-hydroxylation sites is 1. The molecule has 0 bridgehead atoms. The molecule has 0 spiro atoms. The maximum Gasteiger partial charge on any atom is 0.338 e. The molecular weight excluding hydrogens is 336 g/mol. The van der Waals surface area contributed by atoms with Crippen LogP contribution >= 0.6 is 0 Å². The topological polar surface area (TPSA) is 98.5 Å². The lowest BCUT2D eigenvalue weighted by Gasteiger charge is -2.16. The normalized spacial score (nSPS) is 10.5. The first-order chi connectivity index (χ1) is 12.3. The fourth-order valence-corrected chi connectivity index (χ4v) is 2.45. The zero-order valence-corrected chi connectivity index (χ0v) is 14.8. The Hall–Kier alpha value is -3.22. The lowest BCUT2D eigenvalue weighted by Crippen LogP contribution is -2.22. The number of nitro groups is 1. The van der Waals surface area contributed by atoms with Crippen LogP contribution in [0, 0.1) is 17.0 Å². The van der Waals surface area contributed by atoms with Crippen molar-refractivity contribution in [2.75, 3.05) is 11.9 Å². The molecule has 0 unspecified atom stereocenters. The summed E-state index contributed by atoms with van der Waals surface area (Å²) < 4.78 is 4.98. The lowest BCUT2D eigenvalue weighted by atomic mass is 9.98. The average Bonchev–Trinajstić information content (AvgIpc) is 2.61. The highest BCUT2D eigenvalue weighted by molar-refractivity contribution is 5.96. The number of nitrogens with zero attached hydrogens (tertiary/aromatic N) is 1. The molecule has 136 valence electrons. The number of nitrogens with one attached hydrogen (secondary N) is 1. The Kier molecular flexibility index (Phi) is 6.06. The third kappa shape index (κ3) is 4.66. The van der Waals surface area contributed by atoms with Crippen molar-refractivity contribution in [3.8, 4) is 0 Å². The number of carbonyl (C=O) groups excluding carboxylic acids is 2. The molecule has 0 radical (unpaired) electrons. The van der Waals surface area contributed by atoms with Crippen molar-refractivity contribution in [2.45, 2.75) is 26.7 Å². The summed E-state index contributed by atoms with van der Waals surface area (Å²) in [5.41, 5.74) is 2.66. The van der Waals surface area contributed by atoms with Gasteiger partial charge in [0.25, 0.3) is 11.6 Å². The molecule has 0 aliphatic heterocycles. The summed E-state index contributed by atoms with van der Waals surface area (Å²) in [6, 6.07) is 10.8. The summed E-state index contributed by atoms with van der Waals surface area (Å²) in [4.78, 5) is 34.1. The minimum atomic E-state index is -0.719. The highest BCUT2D eigenvalue weighted by atomic mass is 16.6. The fraction of sp³-hybridized carbons (Fsp3) is 0.263. The van der Waals surface area contributed by atoms with Gasteiger partial charge in [0.15, 0.2) is 6.61 Å². The summed E-state index contributed by atoms with van der Waals surface area (Å²) in [5.74, 6) is -0.937. The van der Waals surface area contributed by atoms with Gasteiger partial charge in [0.1, 0.15) is 0 Å². The van der Waals surface area contributed by atoms with E-state index < -0.39 is 23.4 Å². The molecule has 1 N–H and O–H groups in total. The van der Waals surface area contributed by atoms with Crippen LogP contribution in [0.1, 0.15) is 41.3 Å². The maximum absolute atomic E-state index is 12.1. The molecule has 7 nitrogen and oxygen atoms in total. The minimum absolute atomic E-state index is 0.125. The van der Waals surface area contributed by atoms with Gasteiger partial charge in [-0.25, -0.2) is 4.79 Å². The van der Waals surface area contributed by atoms with Crippen molar-refractivity contribution in [3.05, 3.63) is 69.3 Å². The first kappa shape index (κ1) is 19.1. The van der Waals surface area contributed by atoms with Gasteiger partial charge in [0, 0.05) is 17.8 Å². The van der Waals surface area contributed by atoms with Crippen molar-refractivity contribution >= 4 is 23.3 Å². The van der Waals surface area contributed by atoms with Crippen LogP contribution in [0.4, 0.5) is 11.4 Å². The van der Waals surface area contributed by atoms with Gasteiger partial charge in [-0.2, -0.15) is 0 Å².